The molecule has 9 heteroatoms. The number of hydrogen-bond acceptors (Lipinski definition) is 6. The third kappa shape index (κ3) is 4.15. The summed E-state index contributed by atoms with van der Waals surface area (Å²) in [5.41, 5.74) is 1.47. The van der Waals surface area contributed by atoms with E-state index in [-0.39, 0.29) is 5.75 Å². The van der Waals surface area contributed by atoms with Gasteiger partial charge in [0.05, 0.1) is 23.5 Å². The molecule has 0 atom stereocenters. The maximum absolute atomic E-state index is 12.1. The van der Waals surface area contributed by atoms with Crippen molar-refractivity contribution in [1.82, 2.24) is 15.2 Å². The number of hydrogen-bond donors (Lipinski definition) is 1. The molecule has 1 N–H and O–H groups in total. The fourth-order valence-corrected chi connectivity index (χ4v) is 2.95. The first-order valence-electron chi connectivity index (χ1n) is 6.84. The van der Waals surface area contributed by atoms with Crippen molar-refractivity contribution >= 4 is 28.1 Å². The molecule has 5 nitrogen and oxygen atoms in total. The lowest BCUT2D eigenvalue weighted by Crippen LogP contribution is -2.04. The normalized spacial score (nSPS) is 10.8. The molecule has 0 unspecified atom stereocenters. The Bertz CT molecular complexity index is 813. The number of pyridine rings is 1. The summed E-state index contributed by atoms with van der Waals surface area (Å²) in [5.74, 6) is 0.0191. The molecule has 0 spiro atoms. The van der Waals surface area contributed by atoms with Gasteiger partial charge in [0.15, 0.2) is 5.01 Å². The van der Waals surface area contributed by atoms with Crippen molar-refractivity contribution in [1.29, 1.82) is 0 Å². The Labute approximate surface area is 145 Å². The molecule has 0 saturated heterocycles. The minimum absolute atomic E-state index is 0.0191. The maximum Gasteiger partial charge on any atom is 0.387 e. The minimum atomic E-state index is -2.86. The first-order chi connectivity index (χ1) is 11.6. The Kier molecular flexibility index (Phi) is 5.17. The van der Waals surface area contributed by atoms with Crippen molar-refractivity contribution in [3.8, 4) is 16.3 Å². The van der Waals surface area contributed by atoms with E-state index in [0.29, 0.717) is 27.4 Å². The molecule has 3 rings (SSSR count). The summed E-state index contributed by atoms with van der Waals surface area (Å²) in [4.78, 5) is 4.04. The monoisotopic (exact) mass is 368 g/mol. The summed E-state index contributed by atoms with van der Waals surface area (Å²) >= 11 is 7.50. The van der Waals surface area contributed by atoms with Gasteiger partial charge in [0.2, 0.25) is 5.13 Å². The molecule has 0 saturated carbocycles. The Hall–Kier alpha value is -2.32. The Balaban J connectivity index is 1.62. The van der Waals surface area contributed by atoms with Crippen LogP contribution >= 0.6 is 22.9 Å². The summed E-state index contributed by atoms with van der Waals surface area (Å²) in [5, 5.41) is 13.2. The molecular formula is C15H11ClF2N4OS. The van der Waals surface area contributed by atoms with Gasteiger partial charge in [-0.2, -0.15) is 8.78 Å². The molecule has 2 heterocycles. The quantitative estimate of drug-likeness (QED) is 0.695. The van der Waals surface area contributed by atoms with E-state index in [9.17, 15) is 8.78 Å². The van der Waals surface area contributed by atoms with E-state index < -0.39 is 6.61 Å². The van der Waals surface area contributed by atoms with Crippen molar-refractivity contribution in [2.45, 2.75) is 13.2 Å². The van der Waals surface area contributed by atoms with Gasteiger partial charge in [-0.25, -0.2) is 0 Å². The second kappa shape index (κ2) is 7.50. The summed E-state index contributed by atoms with van der Waals surface area (Å²) in [6.45, 7) is -2.48. The van der Waals surface area contributed by atoms with Gasteiger partial charge in [-0.1, -0.05) is 41.1 Å². The standard InChI is InChI=1S/C15H11ClF2N4OS/c16-12-4-2-1-3-11(12)13-21-22-15(24-13)20-7-9-5-6-10(8-19-9)23-14(17)18/h1-6,8,14H,7H2,(H,20,22). The minimum Gasteiger partial charge on any atom is -0.433 e. The van der Waals surface area contributed by atoms with Crippen molar-refractivity contribution < 1.29 is 13.5 Å². The van der Waals surface area contributed by atoms with Crippen LogP contribution in [0.1, 0.15) is 5.69 Å². The smallest absolute Gasteiger partial charge is 0.387 e. The van der Waals surface area contributed by atoms with Crippen molar-refractivity contribution in [2.75, 3.05) is 5.32 Å². The highest BCUT2D eigenvalue weighted by Gasteiger charge is 2.10. The van der Waals surface area contributed by atoms with Crippen LogP contribution in [0.25, 0.3) is 10.6 Å². The molecule has 0 aliphatic heterocycles. The molecule has 2 aromatic heterocycles. The van der Waals surface area contributed by atoms with E-state index in [4.69, 9.17) is 11.6 Å². The predicted octanol–water partition coefficient (Wildman–Crippen LogP) is 4.47. The zero-order valence-electron chi connectivity index (χ0n) is 12.1. The third-order valence-electron chi connectivity index (χ3n) is 2.97. The number of rotatable bonds is 6. The molecule has 0 amide bonds. The highest BCUT2D eigenvalue weighted by molar-refractivity contribution is 7.18. The van der Waals surface area contributed by atoms with Crippen molar-refractivity contribution in [2.24, 2.45) is 0 Å². The van der Waals surface area contributed by atoms with E-state index in [1.165, 1.54) is 23.6 Å². The van der Waals surface area contributed by atoms with Gasteiger partial charge in [-0.3, -0.25) is 4.98 Å². The van der Waals surface area contributed by atoms with Crippen LogP contribution in [0.5, 0.6) is 5.75 Å². The average molecular weight is 369 g/mol. The Morgan fingerprint density at radius 2 is 2.00 bits per heavy atom. The lowest BCUT2D eigenvalue weighted by Gasteiger charge is -2.05. The zero-order chi connectivity index (χ0) is 16.9. The second-order valence-electron chi connectivity index (χ2n) is 4.61. The van der Waals surface area contributed by atoms with Gasteiger partial charge in [0.1, 0.15) is 5.75 Å². The summed E-state index contributed by atoms with van der Waals surface area (Å²) in [6, 6.07) is 10.4. The van der Waals surface area contributed by atoms with Crippen LogP contribution in [-0.2, 0) is 6.54 Å². The molecule has 0 bridgehead atoms. The molecule has 0 aliphatic carbocycles. The van der Waals surface area contributed by atoms with Gasteiger partial charge in [-0.15, -0.1) is 10.2 Å². The topological polar surface area (TPSA) is 59.9 Å². The van der Waals surface area contributed by atoms with Gasteiger partial charge in [0, 0.05) is 5.56 Å². The number of benzene rings is 1. The van der Waals surface area contributed by atoms with E-state index in [1.807, 2.05) is 18.2 Å². The summed E-state index contributed by atoms with van der Waals surface area (Å²) in [7, 11) is 0. The van der Waals surface area contributed by atoms with Gasteiger partial charge >= 0.3 is 6.61 Å². The van der Waals surface area contributed by atoms with E-state index >= 15 is 0 Å². The molecule has 3 aromatic rings. The van der Waals surface area contributed by atoms with Crippen LogP contribution in [0.3, 0.4) is 0 Å². The number of aromatic nitrogens is 3. The zero-order valence-corrected chi connectivity index (χ0v) is 13.7. The molecule has 124 valence electrons. The molecule has 24 heavy (non-hydrogen) atoms. The first kappa shape index (κ1) is 16.5. The van der Waals surface area contributed by atoms with E-state index in [1.54, 1.807) is 12.1 Å². The average Bonchev–Trinajstić information content (AvgIpc) is 3.03. The fourth-order valence-electron chi connectivity index (χ4n) is 1.89. The lowest BCUT2D eigenvalue weighted by atomic mass is 10.2. The number of ether oxygens (including phenoxy) is 1. The van der Waals surface area contributed by atoms with Gasteiger partial charge in [0.25, 0.3) is 0 Å². The largest absolute Gasteiger partial charge is 0.433 e. The van der Waals surface area contributed by atoms with Crippen LogP contribution in [0.2, 0.25) is 5.02 Å². The first-order valence-corrected chi connectivity index (χ1v) is 8.03. The van der Waals surface area contributed by atoms with Gasteiger partial charge in [-0.05, 0) is 18.2 Å². The number of halogens is 3. The molecule has 0 fully saturated rings. The molecule has 1 aromatic carbocycles. The molecular weight excluding hydrogens is 358 g/mol. The predicted molar refractivity (Wildman–Crippen MR) is 88.6 cm³/mol. The maximum atomic E-state index is 12.1. The SMILES string of the molecule is FC(F)Oc1ccc(CNc2nnc(-c3ccccc3Cl)s2)nc1. The molecule has 0 aliphatic rings. The summed E-state index contributed by atoms with van der Waals surface area (Å²) < 4.78 is 28.4. The molecule has 0 radical (unpaired) electrons. The third-order valence-corrected chi connectivity index (χ3v) is 4.22. The van der Waals surface area contributed by atoms with Crippen LogP contribution in [0.4, 0.5) is 13.9 Å². The van der Waals surface area contributed by atoms with Crippen LogP contribution in [0, 0.1) is 0 Å². The van der Waals surface area contributed by atoms with Crippen LogP contribution in [-0.4, -0.2) is 21.8 Å². The highest BCUT2D eigenvalue weighted by atomic mass is 35.5. The number of anilines is 1. The van der Waals surface area contributed by atoms with Gasteiger partial charge < -0.3 is 10.1 Å². The van der Waals surface area contributed by atoms with E-state index in [0.717, 1.165) is 5.56 Å². The Morgan fingerprint density at radius 3 is 2.71 bits per heavy atom. The number of nitrogens with one attached hydrogen (secondary N) is 1. The van der Waals surface area contributed by atoms with Crippen molar-refractivity contribution in [3.05, 3.63) is 53.3 Å². The van der Waals surface area contributed by atoms with Crippen LogP contribution in [0.15, 0.2) is 42.6 Å². The van der Waals surface area contributed by atoms with Crippen LogP contribution < -0.4 is 10.1 Å². The lowest BCUT2D eigenvalue weighted by molar-refractivity contribution is -0.0500. The highest BCUT2D eigenvalue weighted by Crippen LogP contribution is 2.31. The number of nitrogens with zero attached hydrogens (tertiary/aromatic N) is 3. The number of alkyl halides is 2. The second-order valence-corrected chi connectivity index (χ2v) is 5.99. The Morgan fingerprint density at radius 1 is 1.17 bits per heavy atom. The van der Waals surface area contributed by atoms with Crippen molar-refractivity contribution in [3.63, 3.8) is 0 Å². The van der Waals surface area contributed by atoms with E-state index in [2.05, 4.69) is 25.2 Å². The fraction of sp³-hybridized carbons (Fsp3) is 0.133. The summed E-state index contributed by atoms with van der Waals surface area (Å²) in [6.07, 6.45) is 1.25.